The maximum Gasteiger partial charge on any atom is 0.265 e. The van der Waals surface area contributed by atoms with Crippen molar-refractivity contribution in [2.45, 2.75) is 18.0 Å². The fraction of sp³-hybridized carbons (Fsp3) is 0.0952. The standard InChI is InChI=1S/C21H20ClN3O3S/c22-19-10-12-20(13-11-19)29(27,28)25(14-16-4-2-1-3-5-16)15-17-6-8-18(9-7-17)21(26)24-23/h1-13H,14-15,23H2,(H,24,26). The van der Waals surface area contributed by atoms with Crippen molar-refractivity contribution in [3.8, 4) is 0 Å². The Bertz CT molecular complexity index is 1070. The van der Waals surface area contributed by atoms with Gasteiger partial charge in [-0.15, -0.1) is 0 Å². The van der Waals surface area contributed by atoms with Crippen LogP contribution in [0.5, 0.6) is 0 Å². The molecule has 0 radical (unpaired) electrons. The van der Waals surface area contributed by atoms with Crippen LogP contribution in [-0.2, 0) is 23.1 Å². The number of hydrogen-bond donors (Lipinski definition) is 2. The molecule has 0 saturated carbocycles. The van der Waals surface area contributed by atoms with Crippen LogP contribution in [0.4, 0.5) is 0 Å². The normalized spacial score (nSPS) is 11.4. The molecule has 0 aliphatic heterocycles. The van der Waals surface area contributed by atoms with Gasteiger partial charge in [0, 0.05) is 23.7 Å². The fourth-order valence-electron chi connectivity index (χ4n) is 2.82. The number of hydrogen-bond acceptors (Lipinski definition) is 4. The van der Waals surface area contributed by atoms with Gasteiger partial charge < -0.3 is 0 Å². The lowest BCUT2D eigenvalue weighted by molar-refractivity contribution is 0.0953. The summed E-state index contributed by atoms with van der Waals surface area (Å²) in [4.78, 5) is 11.8. The van der Waals surface area contributed by atoms with Gasteiger partial charge in [0.25, 0.3) is 5.91 Å². The number of carbonyl (C=O) groups excluding carboxylic acids is 1. The molecular weight excluding hydrogens is 410 g/mol. The Morgan fingerprint density at radius 2 is 1.41 bits per heavy atom. The molecule has 0 bridgehead atoms. The summed E-state index contributed by atoms with van der Waals surface area (Å²) in [5, 5.41) is 0.465. The van der Waals surface area contributed by atoms with Crippen LogP contribution >= 0.6 is 11.6 Å². The lowest BCUT2D eigenvalue weighted by Gasteiger charge is -2.23. The highest BCUT2D eigenvalue weighted by molar-refractivity contribution is 7.89. The molecule has 0 heterocycles. The number of hydrazine groups is 1. The molecule has 0 fully saturated rings. The van der Waals surface area contributed by atoms with E-state index in [9.17, 15) is 13.2 Å². The number of nitrogens with zero attached hydrogens (tertiary/aromatic N) is 1. The summed E-state index contributed by atoms with van der Waals surface area (Å²) in [6, 6.07) is 22.1. The number of amides is 1. The summed E-state index contributed by atoms with van der Waals surface area (Å²) in [6.45, 7) is 0.348. The topological polar surface area (TPSA) is 92.5 Å². The predicted molar refractivity (Wildman–Crippen MR) is 112 cm³/mol. The van der Waals surface area contributed by atoms with Crippen molar-refractivity contribution in [2.24, 2.45) is 5.84 Å². The zero-order valence-corrected chi connectivity index (χ0v) is 17.0. The molecule has 0 saturated heterocycles. The zero-order chi connectivity index (χ0) is 20.9. The van der Waals surface area contributed by atoms with Crippen LogP contribution in [-0.4, -0.2) is 18.6 Å². The second-order valence-corrected chi connectivity index (χ2v) is 8.76. The largest absolute Gasteiger partial charge is 0.290 e. The summed E-state index contributed by atoms with van der Waals surface area (Å²) >= 11 is 5.90. The molecule has 3 N–H and O–H groups in total. The van der Waals surface area contributed by atoms with Gasteiger partial charge in [0.15, 0.2) is 0 Å². The van der Waals surface area contributed by atoms with Crippen molar-refractivity contribution in [1.29, 1.82) is 0 Å². The van der Waals surface area contributed by atoms with Gasteiger partial charge in [-0.25, -0.2) is 14.3 Å². The molecule has 0 aromatic heterocycles. The summed E-state index contributed by atoms with van der Waals surface area (Å²) in [6.07, 6.45) is 0. The van der Waals surface area contributed by atoms with E-state index in [0.717, 1.165) is 11.1 Å². The summed E-state index contributed by atoms with van der Waals surface area (Å²) < 4.78 is 27.9. The molecule has 1 amide bonds. The number of sulfonamides is 1. The second kappa shape index (κ2) is 9.19. The molecule has 0 aliphatic carbocycles. The van der Waals surface area contributed by atoms with E-state index in [4.69, 9.17) is 17.4 Å². The van der Waals surface area contributed by atoms with Crippen molar-refractivity contribution in [3.05, 3.63) is 101 Å². The van der Waals surface area contributed by atoms with Crippen molar-refractivity contribution < 1.29 is 13.2 Å². The van der Waals surface area contributed by atoms with Gasteiger partial charge >= 0.3 is 0 Å². The average molecular weight is 430 g/mol. The van der Waals surface area contributed by atoms with Crippen LogP contribution in [0, 0.1) is 0 Å². The average Bonchev–Trinajstić information content (AvgIpc) is 2.74. The molecule has 0 spiro atoms. The Labute approximate surface area is 174 Å². The van der Waals surface area contributed by atoms with E-state index in [1.807, 2.05) is 30.3 Å². The highest BCUT2D eigenvalue weighted by Crippen LogP contribution is 2.23. The summed E-state index contributed by atoms with van der Waals surface area (Å²) in [7, 11) is -3.77. The molecule has 29 heavy (non-hydrogen) atoms. The molecule has 0 atom stereocenters. The SMILES string of the molecule is NNC(=O)c1ccc(CN(Cc2ccccc2)S(=O)(=O)c2ccc(Cl)cc2)cc1. The van der Waals surface area contributed by atoms with Gasteiger partial charge in [-0.3, -0.25) is 10.2 Å². The van der Waals surface area contributed by atoms with Crippen molar-refractivity contribution in [1.82, 2.24) is 9.73 Å². The molecule has 3 aromatic carbocycles. The summed E-state index contributed by atoms with van der Waals surface area (Å²) in [5.41, 5.74) is 4.07. The van der Waals surface area contributed by atoms with E-state index < -0.39 is 15.9 Å². The molecule has 150 valence electrons. The molecule has 8 heteroatoms. The third kappa shape index (κ3) is 5.21. The van der Waals surface area contributed by atoms with Gasteiger partial charge in [0.05, 0.1) is 4.90 Å². The zero-order valence-electron chi connectivity index (χ0n) is 15.5. The van der Waals surface area contributed by atoms with Crippen LogP contribution in [0.2, 0.25) is 5.02 Å². The van der Waals surface area contributed by atoms with Crippen molar-refractivity contribution in [3.63, 3.8) is 0 Å². The Kier molecular flexibility index (Phi) is 6.66. The van der Waals surface area contributed by atoms with Crippen LogP contribution in [0.25, 0.3) is 0 Å². The minimum atomic E-state index is -3.77. The van der Waals surface area contributed by atoms with Crippen molar-refractivity contribution in [2.75, 3.05) is 0 Å². The smallest absolute Gasteiger partial charge is 0.265 e. The first-order valence-electron chi connectivity index (χ1n) is 8.79. The first kappa shape index (κ1) is 21.0. The van der Waals surface area contributed by atoms with Crippen LogP contribution in [0.3, 0.4) is 0 Å². The highest BCUT2D eigenvalue weighted by atomic mass is 35.5. The Morgan fingerprint density at radius 3 is 1.97 bits per heavy atom. The first-order chi connectivity index (χ1) is 13.9. The van der Waals surface area contributed by atoms with Crippen molar-refractivity contribution >= 4 is 27.5 Å². The quantitative estimate of drug-likeness (QED) is 0.342. The second-order valence-electron chi connectivity index (χ2n) is 6.38. The number of halogens is 1. The van der Waals surface area contributed by atoms with E-state index >= 15 is 0 Å². The summed E-state index contributed by atoms with van der Waals surface area (Å²) in [5.74, 6) is 4.73. The Balaban J connectivity index is 1.92. The van der Waals surface area contributed by atoms with E-state index in [2.05, 4.69) is 5.43 Å². The van der Waals surface area contributed by atoms with Crippen LogP contribution < -0.4 is 11.3 Å². The maximum atomic E-state index is 13.3. The third-order valence-corrected chi connectivity index (χ3v) is 6.42. The number of carbonyl (C=O) groups is 1. The number of nitrogens with one attached hydrogen (secondary N) is 1. The lowest BCUT2D eigenvalue weighted by Crippen LogP contribution is -2.31. The Morgan fingerprint density at radius 1 is 0.862 bits per heavy atom. The van der Waals surface area contributed by atoms with Gasteiger partial charge in [0.2, 0.25) is 10.0 Å². The fourth-order valence-corrected chi connectivity index (χ4v) is 4.36. The monoisotopic (exact) mass is 429 g/mol. The highest BCUT2D eigenvalue weighted by Gasteiger charge is 2.25. The van der Waals surface area contributed by atoms with Crippen LogP contribution in [0.1, 0.15) is 21.5 Å². The van der Waals surface area contributed by atoms with E-state index in [1.54, 1.807) is 36.4 Å². The first-order valence-corrected chi connectivity index (χ1v) is 10.6. The van der Waals surface area contributed by atoms with Gasteiger partial charge in [0.1, 0.15) is 0 Å². The molecule has 0 aliphatic rings. The van der Waals surface area contributed by atoms with E-state index in [1.165, 1.54) is 16.4 Å². The van der Waals surface area contributed by atoms with Crippen LogP contribution in [0.15, 0.2) is 83.8 Å². The molecule has 0 unspecified atom stereocenters. The third-order valence-electron chi connectivity index (χ3n) is 4.36. The molecule has 3 aromatic rings. The predicted octanol–water partition coefficient (Wildman–Crippen LogP) is 3.33. The minimum absolute atomic E-state index is 0.143. The molecule has 6 nitrogen and oxygen atoms in total. The number of nitrogens with two attached hydrogens (primary N) is 1. The molecule has 3 rings (SSSR count). The van der Waals surface area contributed by atoms with E-state index in [-0.39, 0.29) is 18.0 Å². The lowest BCUT2D eigenvalue weighted by atomic mass is 10.1. The maximum absolute atomic E-state index is 13.3. The number of rotatable bonds is 7. The van der Waals surface area contributed by atoms with Gasteiger partial charge in [-0.2, -0.15) is 4.31 Å². The molecular formula is C21H20ClN3O3S. The van der Waals surface area contributed by atoms with Gasteiger partial charge in [-0.05, 0) is 47.5 Å². The van der Waals surface area contributed by atoms with E-state index in [0.29, 0.717) is 10.6 Å². The van der Waals surface area contributed by atoms with Gasteiger partial charge in [-0.1, -0.05) is 54.1 Å². The Hall–Kier alpha value is -2.71. The minimum Gasteiger partial charge on any atom is -0.290 e. The number of nitrogen functional groups attached to an aromatic ring is 1. The number of benzene rings is 3.